The van der Waals surface area contributed by atoms with Gasteiger partial charge in [-0.05, 0) is 24.6 Å². The molecule has 2 aromatic heterocycles. The van der Waals surface area contributed by atoms with Crippen molar-refractivity contribution in [3.63, 3.8) is 0 Å². The molecule has 4 aromatic rings. The average Bonchev–Trinajstić information content (AvgIpc) is 3.02. The maximum atomic E-state index is 12.8. The predicted octanol–water partition coefficient (Wildman–Crippen LogP) is 4.06. The Kier molecular flexibility index (Phi) is 3.86. The zero-order valence-electron chi connectivity index (χ0n) is 13.4. The molecule has 0 aliphatic carbocycles. The van der Waals surface area contributed by atoms with E-state index >= 15 is 0 Å². The van der Waals surface area contributed by atoms with E-state index in [2.05, 4.69) is 10.3 Å². The number of aromatic nitrogens is 3. The molecule has 0 radical (unpaired) electrons. The molecule has 0 saturated carbocycles. The lowest BCUT2D eigenvalue weighted by Gasteiger charge is -2.08. The number of aryl methyl sites for hydroxylation is 1. The molecule has 0 saturated heterocycles. The first-order valence-corrected chi connectivity index (χ1v) is 8.18. The standard InChI is InChI=1S/C19H14ClN3O2/c1-12-16-18(25-22-12)17(14-5-3-2-4-6-14)21-23(19(16)24)11-13-7-9-15(20)10-8-13/h2-10H,11H2,1H3. The topological polar surface area (TPSA) is 60.9 Å². The normalized spacial score (nSPS) is 11.1. The monoisotopic (exact) mass is 351 g/mol. The summed E-state index contributed by atoms with van der Waals surface area (Å²) in [5.74, 6) is 0. The highest BCUT2D eigenvalue weighted by atomic mass is 35.5. The van der Waals surface area contributed by atoms with Gasteiger partial charge in [-0.2, -0.15) is 5.10 Å². The summed E-state index contributed by atoms with van der Waals surface area (Å²) in [5, 5.41) is 9.61. The molecule has 0 aliphatic heterocycles. The van der Waals surface area contributed by atoms with E-state index in [1.54, 1.807) is 19.1 Å². The zero-order chi connectivity index (χ0) is 17.4. The molecule has 0 spiro atoms. The Labute approximate surface area is 148 Å². The third-order valence-corrected chi connectivity index (χ3v) is 4.29. The second-order valence-corrected chi connectivity index (χ2v) is 6.21. The third kappa shape index (κ3) is 2.83. The molecule has 2 heterocycles. The van der Waals surface area contributed by atoms with Gasteiger partial charge < -0.3 is 4.52 Å². The Bertz CT molecular complexity index is 1100. The summed E-state index contributed by atoms with van der Waals surface area (Å²) in [7, 11) is 0. The van der Waals surface area contributed by atoms with Crippen LogP contribution in [0.4, 0.5) is 0 Å². The zero-order valence-corrected chi connectivity index (χ0v) is 14.2. The molecule has 5 nitrogen and oxygen atoms in total. The SMILES string of the molecule is Cc1noc2c(-c3ccccc3)nn(Cc3ccc(Cl)cc3)c(=O)c12. The van der Waals surface area contributed by atoms with Crippen LogP contribution in [0.2, 0.25) is 5.02 Å². The van der Waals surface area contributed by atoms with Crippen molar-refractivity contribution in [1.29, 1.82) is 0 Å². The Balaban J connectivity index is 1.92. The summed E-state index contributed by atoms with van der Waals surface area (Å²) >= 11 is 5.93. The maximum Gasteiger partial charge on any atom is 0.280 e. The van der Waals surface area contributed by atoms with Gasteiger partial charge in [-0.25, -0.2) is 4.68 Å². The summed E-state index contributed by atoms with van der Waals surface area (Å²) < 4.78 is 6.84. The number of hydrogen-bond acceptors (Lipinski definition) is 4. The van der Waals surface area contributed by atoms with Crippen molar-refractivity contribution < 1.29 is 4.52 Å². The number of rotatable bonds is 3. The summed E-state index contributed by atoms with van der Waals surface area (Å²) in [4.78, 5) is 12.8. The van der Waals surface area contributed by atoms with Gasteiger partial charge in [0, 0.05) is 10.6 Å². The molecule has 25 heavy (non-hydrogen) atoms. The van der Waals surface area contributed by atoms with E-state index in [4.69, 9.17) is 16.1 Å². The number of fused-ring (bicyclic) bond motifs is 1. The highest BCUT2D eigenvalue weighted by Crippen LogP contribution is 2.26. The van der Waals surface area contributed by atoms with Gasteiger partial charge in [0.15, 0.2) is 0 Å². The summed E-state index contributed by atoms with van der Waals surface area (Å²) in [5.41, 5.74) is 3.17. The van der Waals surface area contributed by atoms with Gasteiger partial charge in [-0.3, -0.25) is 4.79 Å². The van der Waals surface area contributed by atoms with Crippen molar-refractivity contribution in [2.45, 2.75) is 13.5 Å². The van der Waals surface area contributed by atoms with E-state index in [1.807, 2.05) is 42.5 Å². The third-order valence-electron chi connectivity index (χ3n) is 4.04. The van der Waals surface area contributed by atoms with Crippen molar-refractivity contribution >= 4 is 22.6 Å². The fraction of sp³-hybridized carbons (Fsp3) is 0.105. The molecule has 0 unspecified atom stereocenters. The van der Waals surface area contributed by atoms with Crippen LogP contribution < -0.4 is 5.56 Å². The van der Waals surface area contributed by atoms with Gasteiger partial charge in [0.1, 0.15) is 11.1 Å². The molecule has 2 aromatic carbocycles. The lowest BCUT2D eigenvalue weighted by atomic mass is 10.1. The minimum Gasteiger partial charge on any atom is -0.353 e. The molecule has 0 fully saturated rings. The Morgan fingerprint density at radius 1 is 1.08 bits per heavy atom. The van der Waals surface area contributed by atoms with E-state index in [1.165, 1.54) is 4.68 Å². The van der Waals surface area contributed by atoms with E-state index in [0.29, 0.717) is 33.9 Å². The van der Waals surface area contributed by atoms with Crippen LogP contribution in [0.3, 0.4) is 0 Å². The number of halogens is 1. The first-order valence-electron chi connectivity index (χ1n) is 7.80. The van der Waals surface area contributed by atoms with E-state index < -0.39 is 0 Å². The van der Waals surface area contributed by atoms with Gasteiger partial charge in [0.2, 0.25) is 5.58 Å². The van der Waals surface area contributed by atoms with Gasteiger partial charge in [-0.1, -0.05) is 59.2 Å². The van der Waals surface area contributed by atoms with Gasteiger partial charge in [0.05, 0.1) is 12.2 Å². The van der Waals surface area contributed by atoms with Crippen LogP contribution in [0.15, 0.2) is 63.9 Å². The van der Waals surface area contributed by atoms with Crippen LogP contribution in [0.5, 0.6) is 0 Å². The molecule has 6 heteroatoms. The molecule has 0 atom stereocenters. The molecular formula is C19H14ClN3O2. The second kappa shape index (κ2) is 6.18. The predicted molar refractivity (Wildman–Crippen MR) is 96.8 cm³/mol. The first kappa shape index (κ1) is 15.6. The fourth-order valence-electron chi connectivity index (χ4n) is 2.78. The van der Waals surface area contributed by atoms with Gasteiger partial charge in [-0.15, -0.1) is 0 Å². The van der Waals surface area contributed by atoms with E-state index in [0.717, 1.165) is 11.1 Å². The second-order valence-electron chi connectivity index (χ2n) is 5.78. The molecule has 124 valence electrons. The van der Waals surface area contributed by atoms with Gasteiger partial charge >= 0.3 is 0 Å². The molecule has 0 bridgehead atoms. The highest BCUT2D eigenvalue weighted by Gasteiger charge is 2.19. The van der Waals surface area contributed by atoms with Crippen molar-refractivity contribution in [2.24, 2.45) is 0 Å². The molecule has 0 aliphatic rings. The molecule has 4 rings (SSSR count). The Morgan fingerprint density at radius 2 is 1.80 bits per heavy atom. The Hall–Kier alpha value is -2.92. The molecule has 0 N–H and O–H groups in total. The minimum absolute atomic E-state index is 0.219. The summed E-state index contributed by atoms with van der Waals surface area (Å²) in [6, 6.07) is 17.0. The lowest BCUT2D eigenvalue weighted by Crippen LogP contribution is -2.24. The van der Waals surface area contributed by atoms with Crippen molar-refractivity contribution in [3.8, 4) is 11.3 Å². The van der Waals surface area contributed by atoms with Gasteiger partial charge in [0.25, 0.3) is 5.56 Å². The quantitative estimate of drug-likeness (QED) is 0.558. The molecular weight excluding hydrogens is 338 g/mol. The summed E-state index contributed by atoms with van der Waals surface area (Å²) in [6.45, 7) is 2.10. The van der Waals surface area contributed by atoms with Crippen LogP contribution in [0.25, 0.3) is 22.2 Å². The fourth-order valence-corrected chi connectivity index (χ4v) is 2.90. The summed E-state index contributed by atoms with van der Waals surface area (Å²) in [6.07, 6.45) is 0. The minimum atomic E-state index is -0.219. The smallest absolute Gasteiger partial charge is 0.280 e. The average molecular weight is 352 g/mol. The van der Waals surface area contributed by atoms with E-state index in [9.17, 15) is 4.79 Å². The number of hydrogen-bond donors (Lipinski definition) is 0. The van der Waals surface area contributed by atoms with Crippen LogP contribution in [0.1, 0.15) is 11.3 Å². The largest absolute Gasteiger partial charge is 0.353 e. The first-order chi connectivity index (χ1) is 12.1. The van der Waals surface area contributed by atoms with Crippen molar-refractivity contribution in [3.05, 3.63) is 81.2 Å². The highest BCUT2D eigenvalue weighted by molar-refractivity contribution is 6.30. The van der Waals surface area contributed by atoms with E-state index in [-0.39, 0.29) is 5.56 Å². The number of nitrogens with zero attached hydrogens (tertiary/aromatic N) is 3. The number of benzene rings is 2. The lowest BCUT2D eigenvalue weighted by molar-refractivity contribution is 0.449. The van der Waals surface area contributed by atoms with Crippen LogP contribution in [-0.4, -0.2) is 14.9 Å². The van der Waals surface area contributed by atoms with Crippen molar-refractivity contribution in [1.82, 2.24) is 14.9 Å². The maximum absolute atomic E-state index is 12.8. The molecule has 0 amide bonds. The van der Waals surface area contributed by atoms with Crippen LogP contribution in [-0.2, 0) is 6.54 Å². The van der Waals surface area contributed by atoms with Crippen LogP contribution in [0, 0.1) is 6.92 Å². The Morgan fingerprint density at radius 3 is 2.52 bits per heavy atom. The van der Waals surface area contributed by atoms with Crippen molar-refractivity contribution in [2.75, 3.05) is 0 Å². The van der Waals surface area contributed by atoms with Crippen LogP contribution >= 0.6 is 11.6 Å².